The Kier molecular flexibility index (Phi) is 4.38. The molecule has 0 amide bonds. The molecule has 1 N–H and O–H groups in total. The van der Waals surface area contributed by atoms with Crippen LogP contribution in [-0.4, -0.2) is 37.3 Å². The molecule has 0 radical (unpaired) electrons. The molecule has 1 aromatic rings. The van der Waals surface area contributed by atoms with Crippen LogP contribution in [0, 0.1) is 6.92 Å². The van der Waals surface area contributed by atoms with Crippen molar-refractivity contribution in [1.29, 1.82) is 0 Å². The number of nitrogens with one attached hydrogen (secondary N) is 1. The van der Waals surface area contributed by atoms with Gasteiger partial charge in [-0.25, -0.2) is 0 Å². The summed E-state index contributed by atoms with van der Waals surface area (Å²) in [6.07, 6.45) is -4.28. The highest BCUT2D eigenvalue weighted by molar-refractivity contribution is 6.31. The molecule has 0 bridgehead atoms. The van der Waals surface area contributed by atoms with Crippen LogP contribution in [-0.2, 0) is 0 Å². The molecule has 1 aliphatic rings. The van der Waals surface area contributed by atoms with Gasteiger partial charge in [-0.15, -0.1) is 0 Å². The Morgan fingerprint density at radius 3 is 2.42 bits per heavy atom. The number of rotatable bonds is 2. The highest BCUT2D eigenvalue weighted by Crippen LogP contribution is 2.38. The summed E-state index contributed by atoms with van der Waals surface area (Å²) >= 11 is 5.88. The molecule has 6 heteroatoms. The van der Waals surface area contributed by atoms with E-state index in [1.54, 1.807) is 6.92 Å². The van der Waals surface area contributed by atoms with Crippen molar-refractivity contribution in [3.8, 4) is 0 Å². The second-order valence-electron chi connectivity index (χ2n) is 4.74. The van der Waals surface area contributed by atoms with Crippen molar-refractivity contribution in [2.75, 3.05) is 26.2 Å². The molecule has 1 heterocycles. The van der Waals surface area contributed by atoms with Gasteiger partial charge in [-0.1, -0.05) is 23.7 Å². The summed E-state index contributed by atoms with van der Waals surface area (Å²) in [4.78, 5) is 1.47. The Bertz CT molecular complexity index is 442. The zero-order valence-corrected chi connectivity index (χ0v) is 11.4. The van der Waals surface area contributed by atoms with Gasteiger partial charge < -0.3 is 5.32 Å². The van der Waals surface area contributed by atoms with Gasteiger partial charge in [0.1, 0.15) is 6.04 Å². The Balaban J connectivity index is 2.33. The Morgan fingerprint density at radius 2 is 1.89 bits per heavy atom. The smallest absolute Gasteiger partial charge is 0.314 e. The lowest BCUT2D eigenvalue weighted by atomic mass is 10.0. The highest BCUT2D eigenvalue weighted by atomic mass is 35.5. The lowest BCUT2D eigenvalue weighted by Crippen LogP contribution is -2.49. The maximum atomic E-state index is 13.3. The number of hydrogen-bond donors (Lipinski definition) is 1. The first-order chi connectivity index (χ1) is 8.89. The fourth-order valence-corrected chi connectivity index (χ4v) is 2.50. The summed E-state index contributed by atoms with van der Waals surface area (Å²) in [5, 5.41) is 3.55. The first kappa shape index (κ1) is 14.6. The van der Waals surface area contributed by atoms with E-state index in [0.717, 1.165) is 0 Å². The molecule has 1 atom stereocenters. The molecule has 2 nitrogen and oxygen atoms in total. The quantitative estimate of drug-likeness (QED) is 0.901. The molecule has 1 saturated heterocycles. The molecular weight excluding hydrogens is 277 g/mol. The topological polar surface area (TPSA) is 15.3 Å². The summed E-state index contributed by atoms with van der Waals surface area (Å²) < 4.78 is 40.0. The Hall–Kier alpha value is -0.780. The van der Waals surface area contributed by atoms with Crippen molar-refractivity contribution in [2.45, 2.75) is 19.1 Å². The van der Waals surface area contributed by atoms with Crippen molar-refractivity contribution >= 4 is 11.6 Å². The Labute approximate surface area is 115 Å². The van der Waals surface area contributed by atoms with Crippen LogP contribution in [0.15, 0.2) is 18.2 Å². The van der Waals surface area contributed by atoms with E-state index in [4.69, 9.17) is 11.6 Å². The number of nitrogens with zero attached hydrogens (tertiary/aromatic N) is 1. The molecule has 0 spiro atoms. The van der Waals surface area contributed by atoms with Crippen LogP contribution >= 0.6 is 11.6 Å². The molecule has 0 aliphatic carbocycles. The van der Waals surface area contributed by atoms with Crippen LogP contribution in [0.3, 0.4) is 0 Å². The molecule has 106 valence electrons. The maximum Gasteiger partial charge on any atom is 0.408 e. The van der Waals surface area contributed by atoms with E-state index in [0.29, 0.717) is 36.8 Å². The van der Waals surface area contributed by atoms with Gasteiger partial charge in [-0.3, -0.25) is 4.90 Å². The lowest BCUT2D eigenvalue weighted by Gasteiger charge is -2.36. The standard InChI is InChI=1S/C13H16ClF3N2/c1-9-8-10(2-3-11(9)14)12(13(15,16)17)19-6-4-18-5-7-19/h2-3,8,12,18H,4-7H2,1H3/t12-/m1/s1. The molecule has 19 heavy (non-hydrogen) atoms. The monoisotopic (exact) mass is 292 g/mol. The number of benzene rings is 1. The van der Waals surface area contributed by atoms with Gasteiger partial charge in [-0.05, 0) is 24.1 Å². The SMILES string of the molecule is Cc1cc([C@@H](N2CCNCC2)C(F)(F)F)ccc1Cl. The number of piperazine rings is 1. The average molecular weight is 293 g/mol. The lowest BCUT2D eigenvalue weighted by molar-refractivity contribution is -0.187. The van der Waals surface area contributed by atoms with Crippen molar-refractivity contribution in [2.24, 2.45) is 0 Å². The second kappa shape index (κ2) is 5.69. The summed E-state index contributed by atoms with van der Waals surface area (Å²) in [6, 6.07) is 2.98. The number of hydrogen-bond acceptors (Lipinski definition) is 2. The minimum atomic E-state index is -4.28. The Morgan fingerprint density at radius 1 is 1.26 bits per heavy atom. The van der Waals surface area contributed by atoms with E-state index >= 15 is 0 Å². The molecular formula is C13H16ClF3N2. The predicted octanol–water partition coefficient (Wildman–Crippen LogP) is 3.16. The summed E-state index contributed by atoms with van der Waals surface area (Å²) in [5.41, 5.74) is 0.930. The van der Waals surface area contributed by atoms with Crippen molar-refractivity contribution in [1.82, 2.24) is 10.2 Å². The summed E-state index contributed by atoms with van der Waals surface area (Å²) in [5.74, 6) is 0. The van der Waals surface area contributed by atoms with Crippen LogP contribution in [0.5, 0.6) is 0 Å². The minimum Gasteiger partial charge on any atom is -0.314 e. The van der Waals surface area contributed by atoms with Gasteiger partial charge in [-0.2, -0.15) is 13.2 Å². The molecule has 0 aromatic heterocycles. The minimum absolute atomic E-state index is 0.260. The zero-order valence-electron chi connectivity index (χ0n) is 10.6. The third-order valence-electron chi connectivity index (χ3n) is 3.32. The van der Waals surface area contributed by atoms with E-state index in [2.05, 4.69) is 5.32 Å². The van der Waals surface area contributed by atoms with E-state index in [1.807, 2.05) is 0 Å². The first-order valence-corrected chi connectivity index (χ1v) is 6.55. The van der Waals surface area contributed by atoms with Crippen molar-refractivity contribution in [3.05, 3.63) is 34.3 Å². The third-order valence-corrected chi connectivity index (χ3v) is 3.75. The molecule has 2 rings (SSSR count). The van der Waals surface area contributed by atoms with E-state index in [9.17, 15) is 13.2 Å². The maximum absolute atomic E-state index is 13.3. The molecule has 1 fully saturated rings. The van der Waals surface area contributed by atoms with Gasteiger partial charge in [0.15, 0.2) is 0 Å². The molecule has 1 aliphatic heterocycles. The average Bonchev–Trinajstić information content (AvgIpc) is 2.34. The van der Waals surface area contributed by atoms with Crippen LogP contribution in [0.1, 0.15) is 17.2 Å². The van der Waals surface area contributed by atoms with Gasteiger partial charge in [0.25, 0.3) is 0 Å². The van der Waals surface area contributed by atoms with Crippen LogP contribution in [0.25, 0.3) is 0 Å². The van der Waals surface area contributed by atoms with Crippen LogP contribution in [0.2, 0.25) is 5.02 Å². The third kappa shape index (κ3) is 3.41. The predicted molar refractivity (Wildman–Crippen MR) is 69.4 cm³/mol. The van der Waals surface area contributed by atoms with E-state index in [-0.39, 0.29) is 5.56 Å². The number of halogens is 4. The van der Waals surface area contributed by atoms with E-state index in [1.165, 1.54) is 23.1 Å². The van der Waals surface area contributed by atoms with Crippen molar-refractivity contribution < 1.29 is 13.2 Å². The van der Waals surface area contributed by atoms with E-state index < -0.39 is 12.2 Å². The van der Waals surface area contributed by atoms with Gasteiger partial charge >= 0.3 is 6.18 Å². The fraction of sp³-hybridized carbons (Fsp3) is 0.538. The van der Waals surface area contributed by atoms with Gasteiger partial charge in [0, 0.05) is 31.2 Å². The molecule has 0 unspecified atom stereocenters. The number of aryl methyl sites for hydroxylation is 1. The second-order valence-corrected chi connectivity index (χ2v) is 5.15. The van der Waals surface area contributed by atoms with Crippen LogP contribution < -0.4 is 5.32 Å². The number of alkyl halides is 3. The van der Waals surface area contributed by atoms with Crippen LogP contribution in [0.4, 0.5) is 13.2 Å². The molecule has 1 aromatic carbocycles. The molecule has 0 saturated carbocycles. The fourth-order valence-electron chi connectivity index (χ4n) is 2.39. The van der Waals surface area contributed by atoms with Crippen molar-refractivity contribution in [3.63, 3.8) is 0 Å². The largest absolute Gasteiger partial charge is 0.408 e. The van der Waals surface area contributed by atoms with Gasteiger partial charge in [0.2, 0.25) is 0 Å². The zero-order chi connectivity index (χ0) is 14.0. The highest BCUT2D eigenvalue weighted by Gasteiger charge is 2.44. The summed E-state index contributed by atoms with van der Waals surface area (Å²) in [6.45, 7) is 3.67. The normalized spacial score (nSPS) is 19.4. The summed E-state index contributed by atoms with van der Waals surface area (Å²) in [7, 11) is 0. The van der Waals surface area contributed by atoms with Gasteiger partial charge in [0.05, 0.1) is 0 Å². The first-order valence-electron chi connectivity index (χ1n) is 6.17.